The zero-order valence-electron chi connectivity index (χ0n) is 11.8. The third kappa shape index (κ3) is 4.38. The minimum atomic E-state index is -0.115. The number of hydrogen-bond donors (Lipinski definition) is 2. The predicted octanol–water partition coefficient (Wildman–Crippen LogP) is 0.639. The highest BCUT2D eigenvalue weighted by Gasteiger charge is 2.13. The Morgan fingerprint density at radius 1 is 1.47 bits per heavy atom. The summed E-state index contributed by atoms with van der Waals surface area (Å²) in [6, 6.07) is 1.99. The molecule has 104 valence electrons. The van der Waals surface area contributed by atoms with Crippen LogP contribution >= 0.6 is 0 Å². The van der Waals surface area contributed by atoms with Crippen molar-refractivity contribution in [2.75, 3.05) is 13.1 Å². The number of aromatic nitrogens is 2. The first-order chi connectivity index (χ1) is 9.10. The Kier molecular flexibility index (Phi) is 6.03. The van der Waals surface area contributed by atoms with Gasteiger partial charge in [-0.2, -0.15) is 10.4 Å². The topological polar surface area (TPSA) is 82.7 Å². The Labute approximate surface area is 113 Å². The summed E-state index contributed by atoms with van der Waals surface area (Å²) in [5.74, 6) is -0.115. The van der Waals surface area contributed by atoms with Gasteiger partial charge in [-0.1, -0.05) is 6.92 Å². The van der Waals surface area contributed by atoms with Gasteiger partial charge >= 0.3 is 0 Å². The van der Waals surface area contributed by atoms with Gasteiger partial charge in [0.1, 0.15) is 6.54 Å². The van der Waals surface area contributed by atoms with Gasteiger partial charge in [-0.15, -0.1) is 0 Å². The number of rotatable bonds is 7. The fourth-order valence-electron chi connectivity index (χ4n) is 1.84. The van der Waals surface area contributed by atoms with Crippen LogP contribution in [0.1, 0.15) is 30.3 Å². The van der Waals surface area contributed by atoms with Crippen LogP contribution in [0.15, 0.2) is 0 Å². The quantitative estimate of drug-likeness (QED) is 0.707. The predicted molar refractivity (Wildman–Crippen MR) is 72.3 cm³/mol. The van der Waals surface area contributed by atoms with Crippen molar-refractivity contribution >= 4 is 5.91 Å². The number of carbonyl (C=O) groups is 1. The molecular formula is C13H21N5O. The van der Waals surface area contributed by atoms with Crippen LogP contribution in [0.2, 0.25) is 0 Å². The van der Waals surface area contributed by atoms with Crippen molar-refractivity contribution in [3.63, 3.8) is 0 Å². The summed E-state index contributed by atoms with van der Waals surface area (Å²) in [5, 5.41) is 18.7. The second-order valence-corrected chi connectivity index (χ2v) is 4.35. The molecule has 19 heavy (non-hydrogen) atoms. The molecule has 0 aromatic carbocycles. The van der Waals surface area contributed by atoms with Crippen LogP contribution < -0.4 is 10.6 Å². The average Bonchev–Trinajstić information content (AvgIpc) is 2.63. The molecule has 0 bridgehead atoms. The van der Waals surface area contributed by atoms with Gasteiger partial charge in [-0.25, -0.2) is 0 Å². The molecule has 0 aliphatic heterocycles. The highest BCUT2D eigenvalue weighted by molar-refractivity contribution is 5.75. The Bertz CT molecular complexity index is 472. The molecule has 2 N–H and O–H groups in total. The molecule has 0 aliphatic rings. The number of aryl methyl sites for hydroxylation is 1. The van der Waals surface area contributed by atoms with Crippen LogP contribution in [0.5, 0.6) is 0 Å². The Balaban J connectivity index is 2.64. The van der Waals surface area contributed by atoms with Crippen LogP contribution in [-0.2, 0) is 17.9 Å². The first-order valence-electron chi connectivity index (χ1n) is 6.47. The highest BCUT2D eigenvalue weighted by atomic mass is 16.2. The van der Waals surface area contributed by atoms with Crippen LogP contribution in [0.4, 0.5) is 0 Å². The van der Waals surface area contributed by atoms with Gasteiger partial charge in [-0.05, 0) is 20.4 Å². The zero-order valence-corrected chi connectivity index (χ0v) is 11.8. The van der Waals surface area contributed by atoms with E-state index in [9.17, 15) is 4.79 Å². The van der Waals surface area contributed by atoms with Crippen molar-refractivity contribution in [1.29, 1.82) is 5.26 Å². The van der Waals surface area contributed by atoms with E-state index in [1.165, 1.54) is 0 Å². The number of nitrogens with one attached hydrogen (secondary N) is 2. The molecule has 1 aromatic heterocycles. The molecule has 0 atom stereocenters. The van der Waals surface area contributed by atoms with Crippen molar-refractivity contribution in [1.82, 2.24) is 20.4 Å². The van der Waals surface area contributed by atoms with E-state index >= 15 is 0 Å². The molecule has 1 rings (SSSR count). The lowest BCUT2D eigenvalue weighted by Gasteiger charge is -2.06. The fraction of sp³-hybridized carbons (Fsp3) is 0.615. The van der Waals surface area contributed by atoms with Gasteiger partial charge in [0.05, 0.1) is 18.2 Å². The molecule has 0 saturated carbocycles. The SMILES string of the molecule is CCNCc1c(C)nn(CC(=O)NCCC#N)c1C. The summed E-state index contributed by atoms with van der Waals surface area (Å²) in [7, 11) is 0. The second kappa shape index (κ2) is 7.54. The molecule has 1 amide bonds. The van der Waals surface area contributed by atoms with E-state index in [1.807, 2.05) is 19.9 Å². The van der Waals surface area contributed by atoms with E-state index in [4.69, 9.17) is 5.26 Å². The first-order valence-corrected chi connectivity index (χ1v) is 6.47. The van der Waals surface area contributed by atoms with E-state index in [-0.39, 0.29) is 12.5 Å². The zero-order chi connectivity index (χ0) is 14.3. The number of nitriles is 1. The van der Waals surface area contributed by atoms with Crippen LogP contribution in [0, 0.1) is 25.2 Å². The van der Waals surface area contributed by atoms with Gasteiger partial charge < -0.3 is 10.6 Å². The fourth-order valence-corrected chi connectivity index (χ4v) is 1.84. The first kappa shape index (κ1) is 15.2. The normalized spacial score (nSPS) is 10.2. The van der Waals surface area contributed by atoms with E-state index in [1.54, 1.807) is 4.68 Å². The molecule has 0 saturated heterocycles. The summed E-state index contributed by atoms with van der Waals surface area (Å²) in [6.45, 7) is 8.22. The highest BCUT2D eigenvalue weighted by Crippen LogP contribution is 2.12. The minimum absolute atomic E-state index is 0.115. The summed E-state index contributed by atoms with van der Waals surface area (Å²) >= 11 is 0. The lowest BCUT2D eigenvalue weighted by molar-refractivity contribution is -0.121. The lowest BCUT2D eigenvalue weighted by Crippen LogP contribution is -2.29. The summed E-state index contributed by atoms with van der Waals surface area (Å²) in [4.78, 5) is 11.7. The summed E-state index contributed by atoms with van der Waals surface area (Å²) in [6.07, 6.45) is 0.328. The average molecular weight is 263 g/mol. The number of hydrogen-bond acceptors (Lipinski definition) is 4. The van der Waals surface area contributed by atoms with Crippen molar-refractivity contribution in [2.24, 2.45) is 0 Å². The molecule has 1 heterocycles. The minimum Gasteiger partial charge on any atom is -0.353 e. The number of nitrogens with zero attached hydrogens (tertiary/aromatic N) is 3. The van der Waals surface area contributed by atoms with Crippen LogP contribution in [0.25, 0.3) is 0 Å². The lowest BCUT2D eigenvalue weighted by atomic mass is 10.2. The van der Waals surface area contributed by atoms with Gasteiger partial charge in [0.25, 0.3) is 0 Å². The molecule has 0 radical (unpaired) electrons. The second-order valence-electron chi connectivity index (χ2n) is 4.35. The van der Waals surface area contributed by atoms with Crippen molar-refractivity contribution < 1.29 is 4.79 Å². The van der Waals surface area contributed by atoms with E-state index in [2.05, 4.69) is 22.7 Å². The van der Waals surface area contributed by atoms with Gasteiger partial charge in [0.15, 0.2) is 0 Å². The van der Waals surface area contributed by atoms with Gasteiger partial charge in [0.2, 0.25) is 5.91 Å². The van der Waals surface area contributed by atoms with E-state index in [0.29, 0.717) is 13.0 Å². The Morgan fingerprint density at radius 2 is 2.21 bits per heavy atom. The summed E-state index contributed by atoms with van der Waals surface area (Å²) in [5.41, 5.74) is 3.10. The maximum absolute atomic E-state index is 11.7. The van der Waals surface area contributed by atoms with Crippen molar-refractivity contribution in [3.8, 4) is 6.07 Å². The largest absolute Gasteiger partial charge is 0.353 e. The van der Waals surface area contributed by atoms with Gasteiger partial charge in [-0.3, -0.25) is 9.48 Å². The maximum atomic E-state index is 11.7. The van der Waals surface area contributed by atoms with Crippen LogP contribution in [0.3, 0.4) is 0 Å². The monoisotopic (exact) mass is 263 g/mol. The third-order valence-corrected chi connectivity index (χ3v) is 2.94. The standard InChI is InChI=1S/C13H21N5O/c1-4-15-8-12-10(2)17-18(11(12)3)9-13(19)16-7-5-6-14/h15H,4-5,7-9H2,1-3H3,(H,16,19). The van der Waals surface area contributed by atoms with E-state index < -0.39 is 0 Å². The molecule has 0 unspecified atom stereocenters. The Morgan fingerprint density at radius 3 is 2.84 bits per heavy atom. The number of carbonyl (C=O) groups excluding carboxylic acids is 1. The molecule has 1 aromatic rings. The van der Waals surface area contributed by atoms with E-state index in [0.717, 1.165) is 30.0 Å². The third-order valence-electron chi connectivity index (χ3n) is 2.94. The number of amides is 1. The molecule has 6 nitrogen and oxygen atoms in total. The molecule has 0 fully saturated rings. The van der Waals surface area contributed by atoms with Crippen molar-refractivity contribution in [3.05, 3.63) is 17.0 Å². The van der Waals surface area contributed by atoms with Crippen LogP contribution in [-0.4, -0.2) is 28.8 Å². The molecule has 0 aliphatic carbocycles. The molecular weight excluding hydrogens is 242 g/mol. The van der Waals surface area contributed by atoms with Crippen molar-refractivity contribution in [2.45, 2.75) is 40.3 Å². The smallest absolute Gasteiger partial charge is 0.241 e. The molecule has 0 spiro atoms. The van der Waals surface area contributed by atoms with Gasteiger partial charge in [0, 0.05) is 24.3 Å². The molecule has 6 heteroatoms. The Hall–Kier alpha value is -1.87. The maximum Gasteiger partial charge on any atom is 0.241 e. The summed E-state index contributed by atoms with van der Waals surface area (Å²) < 4.78 is 1.71.